The Hall–Kier alpha value is -5.17. The van der Waals surface area contributed by atoms with Crippen molar-refractivity contribution in [3.05, 3.63) is 72.1 Å². The van der Waals surface area contributed by atoms with E-state index in [-0.39, 0.29) is 12.8 Å². The van der Waals surface area contributed by atoms with Crippen molar-refractivity contribution < 1.29 is 34.2 Å². The topological polar surface area (TPSA) is 219 Å². The number of carbonyl (C=O) groups is 5. The summed E-state index contributed by atoms with van der Waals surface area (Å²) in [7, 11) is 0. The molecular weight excluding hydrogens is 568 g/mol. The first-order valence-electron chi connectivity index (χ1n) is 14.2. The molecule has 13 heteroatoms. The lowest BCUT2D eigenvalue weighted by Crippen LogP contribution is -2.59. The highest BCUT2D eigenvalue weighted by Gasteiger charge is 2.33. The van der Waals surface area contributed by atoms with Crippen LogP contribution in [0.2, 0.25) is 0 Å². The number of aromatic amines is 2. The van der Waals surface area contributed by atoms with Crippen LogP contribution in [0.25, 0.3) is 21.8 Å². The van der Waals surface area contributed by atoms with Crippen LogP contribution in [0.1, 0.15) is 31.4 Å². The maximum atomic E-state index is 13.6. The first-order valence-corrected chi connectivity index (χ1v) is 14.2. The van der Waals surface area contributed by atoms with Crippen LogP contribution < -0.4 is 21.7 Å². The van der Waals surface area contributed by atoms with Crippen LogP contribution >= 0.6 is 0 Å². The molecule has 0 bridgehead atoms. The van der Waals surface area contributed by atoms with Crippen molar-refractivity contribution in [2.75, 3.05) is 0 Å². The fraction of sp³-hybridized carbons (Fsp3) is 0.323. The summed E-state index contributed by atoms with van der Waals surface area (Å²) in [5.74, 6) is -5.49. The lowest BCUT2D eigenvalue weighted by molar-refractivity contribution is -0.147. The van der Waals surface area contributed by atoms with Crippen molar-refractivity contribution in [1.29, 1.82) is 0 Å². The molecule has 0 aliphatic rings. The standard InChI is InChI=1S/C31H36N6O7/c1-16(2)27(37-28(40)21(32)11-17-14-33-22-9-5-3-7-19(17)22)30(42)35-24(29(41)36-25(31(43)44)13-26(38)39)12-18-15-34-23-10-6-4-8-20(18)23/h3-10,14-16,21,24-25,27,33-34H,11-13,32H2,1-2H3,(H,35,42)(H,36,41)(H,37,40)(H,38,39)(H,43,44). The molecule has 0 saturated heterocycles. The van der Waals surface area contributed by atoms with Gasteiger partial charge in [0.25, 0.3) is 0 Å². The molecule has 13 nitrogen and oxygen atoms in total. The zero-order valence-electron chi connectivity index (χ0n) is 24.3. The molecular formula is C31H36N6O7. The summed E-state index contributed by atoms with van der Waals surface area (Å²) in [5.41, 5.74) is 9.44. The summed E-state index contributed by atoms with van der Waals surface area (Å²) in [4.78, 5) is 69.1. The summed E-state index contributed by atoms with van der Waals surface area (Å²) in [6.07, 6.45) is 2.78. The SMILES string of the molecule is CC(C)C(NC(=O)C(N)Cc1c[nH]c2ccccc12)C(=O)NC(Cc1c[nH]c2ccccc12)C(=O)NC(CC(=O)O)C(=O)O. The molecule has 2 heterocycles. The minimum Gasteiger partial charge on any atom is -0.481 e. The average Bonchev–Trinajstić information content (AvgIpc) is 3.58. The maximum Gasteiger partial charge on any atom is 0.326 e. The van der Waals surface area contributed by atoms with E-state index < -0.39 is 66.2 Å². The second-order valence-corrected chi connectivity index (χ2v) is 11.0. The number of para-hydroxylation sites is 2. The zero-order valence-corrected chi connectivity index (χ0v) is 24.3. The number of carboxylic acids is 2. The van der Waals surface area contributed by atoms with Crippen LogP contribution in [0.3, 0.4) is 0 Å². The fourth-order valence-electron chi connectivity index (χ4n) is 5.06. The Kier molecular flexibility index (Phi) is 10.0. The number of nitrogens with two attached hydrogens (primary N) is 1. The number of hydrogen-bond acceptors (Lipinski definition) is 6. The van der Waals surface area contributed by atoms with E-state index >= 15 is 0 Å². The van der Waals surface area contributed by atoms with Crippen molar-refractivity contribution in [2.45, 2.75) is 57.3 Å². The summed E-state index contributed by atoms with van der Waals surface area (Å²) >= 11 is 0. The molecule has 0 radical (unpaired) electrons. The summed E-state index contributed by atoms with van der Waals surface area (Å²) in [6.45, 7) is 3.44. The minimum atomic E-state index is -1.72. The van der Waals surface area contributed by atoms with Gasteiger partial charge in [-0.15, -0.1) is 0 Å². The quantitative estimate of drug-likeness (QED) is 0.105. The van der Waals surface area contributed by atoms with Crippen LogP contribution in [-0.4, -0.2) is 74.0 Å². The molecule has 4 aromatic rings. The fourth-order valence-corrected chi connectivity index (χ4v) is 5.06. The molecule has 0 saturated carbocycles. The Bertz CT molecular complexity index is 1680. The number of rotatable bonds is 14. The first kappa shape index (κ1) is 31.8. The van der Waals surface area contributed by atoms with Crippen LogP contribution in [0.4, 0.5) is 0 Å². The predicted molar refractivity (Wildman–Crippen MR) is 162 cm³/mol. The monoisotopic (exact) mass is 604 g/mol. The van der Waals surface area contributed by atoms with Gasteiger partial charge < -0.3 is 41.9 Å². The Balaban J connectivity index is 1.52. The Morgan fingerprint density at radius 3 is 1.77 bits per heavy atom. The van der Waals surface area contributed by atoms with Crippen molar-refractivity contribution >= 4 is 51.5 Å². The van der Waals surface area contributed by atoms with Crippen LogP contribution in [-0.2, 0) is 36.8 Å². The van der Waals surface area contributed by atoms with Crippen LogP contribution in [0.15, 0.2) is 60.9 Å². The van der Waals surface area contributed by atoms with Gasteiger partial charge in [-0.2, -0.15) is 0 Å². The van der Waals surface area contributed by atoms with Gasteiger partial charge in [-0.1, -0.05) is 50.2 Å². The molecule has 4 atom stereocenters. The second kappa shape index (κ2) is 13.9. The number of carboxylic acid groups (broad SMARTS) is 2. The molecule has 0 spiro atoms. The number of aromatic nitrogens is 2. The normalized spacial score (nSPS) is 14.1. The molecule has 2 aromatic carbocycles. The highest BCUT2D eigenvalue weighted by atomic mass is 16.4. The summed E-state index contributed by atoms with van der Waals surface area (Å²) in [6, 6.07) is 9.84. The number of benzene rings is 2. The van der Waals surface area contributed by atoms with Crippen LogP contribution in [0.5, 0.6) is 0 Å². The molecule has 9 N–H and O–H groups in total. The van der Waals surface area contributed by atoms with Gasteiger partial charge in [-0.05, 0) is 35.6 Å². The predicted octanol–water partition coefficient (Wildman–Crippen LogP) is 1.43. The van der Waals surface area contributed by atoms with Gasteiger partial charge in [-0.3, -0.25) is 19.2 Å². The lowest BCUT2D eigenvalue weighted by Gasteiger charge is -2.27. The van der Waals surface area contributed by atoms with Gasteiger partial charge in [0.2, 0.25) is 17.7 Å². The van der Waals surface area contributed by atoms with E-state index in [2.05, 4.69) is 25.9 Å². The molecule has 0 fully saturated rings. The molecule has 0 aliphatic carbocycles. The minimum absolute atomic E-state index is 0.0418. The third-order valence-corrected chi connectivity index (χ3v) is 7.42. The molecule has 232 valence electrons. The number of amides is 3. The smallest absolute Gasteiger partial charge is 0.326 e. The Morgan fingerprint density at radius 1 is 0.727 bits per heavy atom. The van der Waals surface area contributed by atoms with E-state index in [1.165, 1.54) is 0 Å². The Morgan fingerprint density at radius 2 is 1.25 bits per heavy atom. The largest absolute Gasteiger partial charge is 0.481 e. The lowest BCUT2D eigenvalue weighted by atomic mass is 9.99. The van der Waals surface area contributed by atoms with E-state index in [0.29, 0.717) is 5.56 Å². The van der Waals surface area contributed by atoms with E-state index in [9.17, 15) is 29.1 Å². The second-order valence-electron chi connectivity index (χ2n) is 11.0. The highest BCUT2D eigenvalue weighted by molar-refractivity contribution is 5.95. The van der Waals surface area contributed by atoms with E-state index in [1.54, 1.807) is 26.2 Å². The van der Waals surface area contributed by atoms with Gasteiger partial charge in [0.05, 0.1) is 12.5 Å². The van der Waals surface area contributed by atoms with E-state index in [4.69, 9.17) is 10.8 Å². The van der Waals surface area contributed by atoms with Gasteiger partial charge in [0, 0.05) is 40.6 Å². The molecule has 2 aromatic heterocycles. The first-order chi connectivity index (χ1) is 20.9. The number of hydrogen-bond donors (Lipinski definition) is 8. The van der Waals surface area contributed by atoms with Crippen molar-refractivity contribution in [3.63, 3.8) is 0 Å². The zero-order chi connectivity index (χ0) is 32.0. The maximum absolute atomic E-state index is 13.6. The van der Waals surface area contributed by atoms with Crippen molar-refractivity contribution in [3.8, 4) is 0 Å². The van der Waals surface area contributed by atoms with Crippen molar-refractivity contribution in [1.82, 2.24) is 25.9 Å². The highest BCUT2D eigenvalue weighted by Crippen LogP contribution is 2.20. The number of fused-ring (bicyclic) bond motifs is 2. The molecule has 3 amide bonds. The van der Waals surface area contributed by atoms with E-state index in [0.717, 1.165) is 27.4 Å². The third kappa shape index (κ3) is 7.61. The number of carbonyl (C=O) groups excluding carboxylic acids is 3. The third-order valence-electron chi connectivity index (χ3n) is 7.42. The number of nitrogens with one attached hydrogen (secondary N) is 5. The molecule has 4 unspecified atom stereocenters. The summed E-state index contributed by atoms with van der Waals surface area (Å²) < 4.78 is 0. The van der Waals surface area contributed by atoms with E-state index in [1.807, 2.05) is 48.5 Å². The van der Waals surface area contributed by atoms with Gasteiger partial charge in [-0.25, -0.2) is 4.79 Å². The molecule has 0 aliphatic heterocycles. The average molecular weight is 605 g/mol. The molecule has 4 rings (SSSR count). The molecule has 44 heavy (non-hydrogen) atoms. The van der Waals surface area contributed by atoms with Crippen LogP contribution in [0, 0.1) is 5.92 Å². The summed E-state index contributed by atoms with van der Waals surface area (Å²) in [5, 5.41) is 27.9. The van der Waals surface area contributed by atoms with Gasteiger partial charge in [0.1, 0.15) is 18.1 Å². The van der Waals surface area contributed by atoms with Gasteiger partial charge >= 0.3 is 11.9 Å². The van der Waals surface area contributed by atoms with Gasteiger partial charge in [0.15, 0.2) is 0 Å². The number of H-pyrrole nitrogens is 2. The number of aliphatic carboxylic acids is 2. The van der Waals surface area contributed by atoms with Crippen molar-refractivity contribution in [2.24, 2.45) is 11.7 Å². The Labute approximate surface area is 252 Å².